The molecule has 2 rings (SSSR count). The Bertz CT molecular complexity index is 274. The van der Waals surface area contributed by atoms with Crippen molar-refractivity contribution in [1.29, 1.82) is 0 Å². The fourth-order valence-electron chi connectivity index (χ4n) is 3.47. The smallest absolute Gasteiger partial charge is 0.242 e. The van der Waals surface area contributed by atoms with Gasteiger partial charge in [0.05, 0.1) is 5.54 Å². The summed E-state index contributed by atoms with van der Waals surface area (Å²) >= 11 is 0. The van der Waals surface area contributed by atoms with Gasteiger partial charge in [0.15, 0.2) is 0 Å². The van der Waals surface area contributed by atoms with Crippen LogP contribution in [0.3, 0.4) is 0 Å². The Kier molecular flexibility index (Phi) is 3.76. The number of carbonyl (C=O) groups excluding carboxylic acids is 1. The number of rotatable bonds is 3. The van der Waals surface area contributed by atoms with Crippen LogP contribution in [0.1, 0.15) is 52.4 Å². The zero-order valence-electron chi connectivity index (χ0n) is 11.2. The van der Waals surface area contributed by atoms with E-state index in [1.807, 2.05) is 13.8 Å². The van der Waals surface area contributed by atoms with Crippen LogP contribution in [0.25, 0.3) is 0 Å². The fourth-order valence-corrected chi connectivity index (χ4v) is 3.47. The first-order valence-electron chi connectivity index (χ1n) is 7.17. The Hall–Kier alpha value is -0.570. The molecule has 2 aliphatic rings. The number of nitrogens with two attached hydrogens (primary N) is 1. The molecule has 2 N–H and O–H groups in total. The molecule has 0 spiro atoms. The minimum absolute atomic E-state index is 0.194. The SMILES string of the molecule is CCC(N)(CC)C(=O)N1CC2CCCC(C2)C1. The van der Waals surface area contributed by atoms with Crippen molar-refractivity contribution in [3.05, 3.63) is 0 Å². The molecule has 2 unspecified atom stereocenters. The lowest BCUT2D eigenvalue weighted by Crippen LogP contribution is -2.58. The van der Waals surface area contributed by atoms with Crippen molar-refractivity contribution in [1.82, 2.24) is 4.90 Å². The predicted molar refractivity (Wildman–Crippen MR) is 69.5 cm³/mol. The third kappa shape index (κ3) is 2.49. The number of hydrogen-bond acceptors (Lipinski definition) is 2. The molecule has 1 amide bonds. The maximum Gasteiger partial charge on any atom is 0.242 e. The van der Waals surface area contributed by atoms with Crippen LogP contribution in [0, 0.1) is 11.8 Å². The standard InChI is InChI=1S/C14H26N2O/c1-3-14(15,4-2)13(17)16-9-11-6-5-7-12(8-11)10-16/h11-12H,3-10,15H2,1-2H3. The highest BCUT2D eigenvalue weighted by molar-refractivity contribution is 5.86. The van der Waals surface area contributed by atoms with Crippen LogP contribution in [0.4, 0.5) is 0 Å². The highest BCUT2D eigenvalue weighted by atomic mass is 16.2. The molecule has 3 nitrogen and oxygen atoms in total. The average molecular weight is 238 g/mol. The molecule has 0 radical (unpaired) electrons. The number of fused-ring (bicyclic) bond motifs is 2. The van der Waals surface area contributed by atoms with E-state index >= 15 is 0 Å². The monoisotopic (exact) mass is 238 g/mol. The maximum absolute atomic E-state index is 12.5. The first-order chi connectivity index (χ1) is 8.09. The van der Waals surface area contributed by atoms with Gasteiger partial charge in [-0.15, -0.1) is 0 Å². The van der Waals surface area contributed by atoms with Gasteiger partial charge in [-0.25, -0.2) is 0 Å². The highest BCUT2D eigenvalue weighted by Gasteiger charge is 2.39. The number of piperidine rings is 1. The van der Waals surface area contributed by atoms with Gasteiger partial charge in [-0.05, 0) is 43.9 Å². The number of hydrogen-bond donors (Lipinski definition) is 1. The minimum Gasteiger partial charge on any atom is -0.341 e. The van der Waals surface area contributed by atoms with E-state index in [-0.39, 0.29) is 5.91 Å². The van der Waals surface area contributed by atoms with Gasteiger partial charge in [0.1, 0.15) is 0 Å². The molecule has 0 aromatic rings. The minimum atomic E-state index is -0.619. The second-order valence-corrected chi connectivity index (χ2v) is 5.97. The summed E-state index contributed by atoms with van der Waals surface area (Å²) in [4.78, 5) is 14.6. The van der Waals surface area contributed by atoms with Gasteiger partial charge in [-0.2, -0.15) is 0 Å². The lowest BCUT2D eigenvalue weighted by molar-refractivity contribution is -0.141. The highest BCUT2D eigenvalue weighted by Crippen LogP contribution is 2.35. The van der Waals surface area contributed by atoms with Gasteiger partial charge < -0.3 is 10.6 Å². The quantitative estimate of drug-likeness (QED) is 0.819. The van der Waals surface area contributed by atoms with E-state index in [2.05, 4.69) is 4.90 Å². The predicted octanol–water partition coefficient (Wildman–Crippen LogP) is 2.15. The van der Waals surface area contributed by atoms with Crippen LogP contribution in [-0.4, -0.2) is 29.4 Å². The third-order valence-electron chi connectivity index (χ3n) is 4.82. The molecule has 1 aliphatic heterocycles. The Labute approximate surface area is 105 Å². The molecule has 2 bridgehead atoms. The summed E-state index contributed by atoms with van der Waals surface area (Å²) < 4.78 is 0. The van der Waals surface area contributed by atoms with E-state index < -0.39 is 5.54 Å². The van der Waals surface area contributed by atoms with Crippen LogP contribution >= 0.6 is 0 Å². The Morgan fingerprint density at radius 2 is 1.76 bits per heavy atom. The van der Waals surface area contributed by atoms with Crippen molar-refractivity contribution in [2.24, 2.45) is 17.6 Å². The van der Waals surface area contributed by atoms with Crippen molar-refractivity contribution in [3.8, 4) is 0 Å². The zero-order valence-corrected chi connectivity index (χ0v) is 11.2. The molecule has 98 valence electrons. The normalized spacial score (nSPS) is 29.2. The number of carbonyl (C=O) groups is 1. The summed E-state index contributed by atoms with van der Waals surface area (Å²) in [6, 6.07) is 0. The van der Waals surface area contributed by atoms with Gasteiger partial charge >= 0.3 is 0 Å². The van der Waals surface area contributed by atoms with E-state index in [1.54, 1.807) is 0 Å². The molecule has 1 saturated carbocycles. The number of amides is 1. The Morgan fingerprint density at radius 3 is 2.24 bits per heavy atom. The first-order valence-corrected chi connectivity index (χ1v) is 7.17. The largest absolute Gasteiger partial charge is 0.341 e. The summed E-state index contributed by atoms with van der Waals surface area (Å²) in [5.41, 5.74) is 5.61. The topological polar surface area (TPSA) is 46.3 Å². The van der Waals surface area contributed by atoms with Crippen LogP contribution in [0.5, 0.6) is 0 Å². The summed E-state index contributed by atoms with van der Waals surface area (Å²) in [5, 5.41) is 0. The van der Waals surface area contributed by atoms with E-state index in [9.17, 15) is 4.79 Å². The van der Waals surface area contributed by atoms with E-state index in [4.69, 9.17) is 5.73 Å². The molecule has 3 heteroatoms. The summed E-state index contributed by atoms with van der Waals surface area (Å²) in [7, 11) is 0. The van der Waals surface area contributed by atoms with Crippen molar-refractivity contribution in [2.45, 2.75) is 57.9 Å². The molecule has 2 fully saturated rings. The van der Waals surface area contributed by atoms with Crippen LogP contribution in [-0.2, 0) is 4.79 Å². The molecule has 1 heterocycles. The second kappa shape index (κ2) is 4.97. The lowest BCUT2D eigenvalue weighted by atomic mass is 9.77. The van der Waals surface area contributed by atoms with Crippen molar-refractivity contribution in [2.75, 3.05) is 13.1 Å². The molecular formula is C14H26N2O. The van der Waals surface area contributed by atoms with Crippen LogP contribution < -0.4 is 5.73 Å². The van der Waals surface area contributed by atoms with Gasteiger partial charge in [0.2, 0.25) is 5.91 Å². The van der Waals surface area contributed by atoms with E-state index in [1.165, 1.54) is 25.7 Å². The second-order valence-electron chi connectivity index (χ2n) is 5.97. The first kappa shape index (κ1) is 12.9. The van der Waals surface area contributed by atoms with Gasteiger partial charge in [0.25, 0.3) is 0 Å². The number of likely N-dealkylation sites (tertiary alicyclic amines) is 1. The third-order valence-corrected chi connectivity index (χ3v) is 4.82. The van der Waals surface area contributed by atoms with E-state index in [0.29, 0.717) is 0 Å². The lowest BCUT2D eigenvalue weighted by Gasteiger charge is -2.44. The zero-order chi connectivity index (χ0) is 12.5. The van der Waals surface area contributed by atoms with Crippen molar-refractivity contribution >= 4 is 5.91 Å². The van der Waals surface area contributed by atoms with Gasteiger partial charge in [0, 0.05) is 13.1 Å². The fraction of sp³-hybridized carbons (Fsp3) is 0.929. The van der Waals surface area contributed by atoms with Crippen LogP contribution in [0.2, 0.25) is 0 Å². The number of nitrogens with zero attached hydrogens (tertiary/aromatic N) is 1. The summed E-state index contributed by atoms with van der Waals surface area (Å²) in [6.45, 7) is 5.95. The van der Waals surface area contributed by atoms with Crippen LogP contribution in [0.15, 0.2) is 0 Å². The molecular weight excluding hydrogens is 212 g/mol. The average Bonchev–Trinajstić information content (AvgIpc) is 2.36. The molecule has 17 heavy (non-hydrogen) atoms. The molecule has 1 aliphatic carbocycles. The van der Waals surface area contributed by atoms with Crippen molar-refractivity contribution < 1.29 is 4.79 Å². The van der Waals surface area contributed by atoms with Gasteiger partial charge in [-0.3, -0.25) is 4.79 Å². The Balaban J connectivity index is 2.05. The maximum atomic E-state index is 12.5. The summed E-state index contributed by atoms with van der Waals surface area (Å²) in [5.74, 6) is 1.67. The molecule has 1 saturated heterocycles. The van der Waals surface area contributed by atoms with Crippen molar-refractivity contribution in [3.63, 3.8) is 0 Å². The molecule has 2 atom stereocenters. The van der Waals surface area contributed by atoms with E-state index in [0.717, 1.165) is 37.8 Å². The Morgan fingerprint density at radius 1 is 1.24 bits per heavy atom. The van der Waals surface area contributed by atoms with Gasteiger partial charge in [-0.1, -0.05) is 20.3 Å². The molecule has 0 aromatic heterocycles. The molecule has 0 aromatic carbocycles. The summed E-state index contributed by atoms with van der Waals surface area (Å²) in [6.07, 6.45) is 6.78.